The molecule has 0 aliphatic rings. The van der Waals surface area contributed by atoms with E-state index >= 15 is 0 Å². The van der Waals surface area contributed by atoms with Crippen LogP contribution in [0.2, 0.25) is 0 Å². The monoisotopic (exact) mass is 276 g/mol. The van der Waals surface area contributed by atoms with E-state index < -0.39 is 29.6 Å². The van der Waals surface area contributed by atoms with Crippen molar-refractivity contribution in [1.82, 2.24) is 0 Å². The third-order valence-electron chi connectivity index (χ3n) is 2.57. The van der Waals surface area contributed by atoms with Gasteiger partial charge in [0.05, 0.1) is 11.7 Å². The van der Waals surface area contributed by atoms with Gasteiger partial charge in [0.25, 0.3) is 0 Å². The Balaban J connectivity index is 3.15. The van der Waals surface area contributed by atoms with Crippen molar-refractivity contribution in [2.24, 2.45) is 0 Å². The van der Waals surface area contributed by atoms with Crippen LogP contribution in [0, 0.1) is 11.6 Å². The summed E-state index contributed by atoms with van der Waals surface area (Å²) < 4.78 is 26.8. The maximum Gasteiger partial charge on any atom is 0.162 e. The van der Waals surface area contributed by atoms with Crippen LogP contribution in [0.15, 0.2) is 12.1 Å². The molecule has 1 aromatic carbocycles. The quantitative estimate of drug-likeness (QED) is 0.568. The Morgan fingerprint density at radius 1 is 1.33 bits per heavy atom. The minimum absolute atomic E-state index is 0.149. The molecule has 0 amide bonds. The zero-order valence-electron chi connectivity index (χ0n) is 9.73. The third-order valence-corrected chi connectivity index (χ3v) is 2.83. The molecule has 0 saturated heterocycles. The topological polar surface area (TPSA) is 57.5 Å². The van der Waals surface area contributed by atoms with Gasteiger partial charge in [-0.3, -0.25) is 4.79 Å². The SMILES string of the molecule is CC(=O)c1cc(C(O)C(O)CCS)c(F)cc1F. The number of aliphatic hydroxyl groups excluding tert-OH is 2. The molecule has 2 N–H and O–H groups in total. The Kier molecular flexibility index (Phi) is 5.25. The molecule has 0 fully saturated rings. The van der Waals surface area contributed by atoms with Gasteiger partial charge in [-0.15, -0.1) is 0 Å². The highest BCUT2D eigenvalue weighted by Gasteiger charge is 2.23. The van der Waals surface area contributed by atoms with Crippen LogP contribution in [0.5, 0.6) is 0 Å². The standard InChI is InChI=1S/C12H14F2O3S/c1-6(15)7-4-8(10(14)5-9(7)13)12(17)11(16)2-3-18/h4-5,11-12,16-18H,2-3H2,1H3. The van der Waals surface area contributed by atoms with E-state index in [2.05, 4.69) is 12.6 Å². The van der Waals surface area contributed by atoms with Gasteiger partial charge in [0.2, 0.25) is 0 Å². The number of benzene rings is 1. The van der Waals surface area contributed by atoms with E-state index in [1.807, 2.05) is 0 Å². The molecule has 2 unspecified atom stereocenters. The molecule has 1 rings (SSSR count). The Labute approximate surface area is 109 Å². The predicted octanol–water partition coefficient (Wildman–Crippen LogP) is 1.88. The van der Waals surface area contributed by atoms with Crippen LogP contribution in [-0.2, 0) is 0 Å². The summed E-state index contributed by atoms with van der Waals surface area (Å²) in [6.45, 7) is 1.14. The first kappa shape index (κ1) is 15.1. The zero-order chi connectivity index (χ0) is 13.9. The molecule has 3 nitrogen and oxygen atoms in total. The normalized spacial score (nSPS) is 14.3. The number of ketones is 1. The van der Waals surface area contributed by atoms with Crippen molar-refractivity contribution in [2.45, 2.75) is 25.6 Å². The lowest BCUT2D eigenvalue weighted by molar-refractivity contribution is 0.0150. The second-order valence-corrected chi connectivity index (χ2v) is 4.38. The number of hydrogen-bond acceptors (Lipinski definition) is 4. The smallest absolute Gasteiger partial charge is 0.162 e. The Bertz CT molecular complexity index is 451. The van der Waals surface area contributed by atoms with Gasteiger partial charge in [0, 0.05) is 11.6 Å². The van der Waals surface area contributed by atoms with E-state index in [0.29, 0.717) is 11.8 Å². The minimum Gasteiger partial charge on any atom is -0.390 e. The van der Waals surface area contributed by atoms with Gasteiger partial charge < -0.3 is 10.2 Å². The molecule has 6 heteroatoms. The van der Waals surface area contributed by atoms with Gasteiger partial charge in [0.15, 0.2) is 5.78 Å². The second-order valence-electron chi connectivity index (χ2n) is 3.93. The van der Waals surface area contributed by atoms with Crippen LogP contribution < -0.4 is 0 Å². The first-order chi connectivity index (χ1) is 8.38. The molecule has 0 radical (unpaired) electrons. The van der Waals surface area contributed by atoms with Crippen LogP contribution >= 0.6 is 12.6 Å². The van der Waals surface area contributed by atoms with E-state index in [1.165, 1.54) is 0 Å². The molecule has 18 heavy (non-hydrogen) atoms. The van der Waals surface area contributed by atoms with E-state index in [-0.39, 0.29) is 17.5 Å². The fourth-order valence-corrected chi connectivity index (χ4v) is 1.82. The molecule has 0 aromatic heterocycles. The van der Waals surface area contributed by atoms with E-state index in [1.54, 1.807) is 0 Å². The number of rotatable bonds is 5. The zero-order valence-corrected chi connectivity index (χ0v) is 10.6. The molecule has 2 atom stereocenters. The summed E-state index contributed by atoms with van der Waals surface area (Å²) in [4.78, 5) is 11.1. The largest absolute Gasteiger partial charge is 0.390 e. The van der Waals surface area contributed by atoms with Crippen LogP contribution in [0.3, 0.4) is 0 Å². The number of carbonyl (C=O) groups excluding carboxylic acids is 1. The first-order valence-electron chi connectivity index (χ1n) is 5.35. The molecular weight excluding hydrogens is 262 g/mol. The average Bonchev–Trinajstić information content (AvgIpc) is 2.28. The lowest BCUT2D eigenvalue weighted by Crippen LogP contribution is -2.20. The fourth-order valence-electron chi connectivity index (χ4n) is 1.56. The van der Waals surface area contributed by atoms with Crippen LogP contribution in [0.25, 0.3) is 0 Å². The molecule has 0 heterocycles. The van der Waals surface area contributed by atoms with Crippen molar-refractivity contribution in [3.8, 4) is 0 Å². The fraction of sp³-hybridized carbons (Fsp3) is 0.417. The summed E-state index contributed by atoms with van der Waals surface area (Å²) in [5.74, 6) is -2.26. The summed E-state index contributed by atoms with van der Waals surface area (Å²) >= 11 is 3.88. The van der Waals surface area contributed by atoms with Gasteiger partial charge in [0.1, 0.15) is 17.7 Å². The van der Waals surface area contributed by atoms with E-state index in [0.717, 1.165) is 13.0 Å². The molecule has 100 valence electrons. The van der Waals surface area contributed by atoms with Crippen LogP contribution in [0.1, 0.15) is 35.4 Å². The summed E-state index contributed by atoms with van der Waals surface area (Å²) in [6.07, 6.45) is -2.59. The van der Waals surface area contributed by atoms with Gasteiger partial charge in [-0.2, -0.15) is 12.6 Å². The summed E-state index contributed by atoms with van der Waals surface area (Å²) in [6, 6.07) is 1.46. The molecule has 0 aliphatic carbocycles. The molecule has 0 saturated carbocycles. The van der Waals surface area contributed by atoms with Crippen molar-refractivity contribution >= 4 is 18.4 Å². The maximum atomic E-state index is 13.5. The van der Waals surface area contributed by atoms with Crippen molar-refractivity contribution in [2.75, 3.05) is 5.75 Å². The van der Waals surface area contributed by atoms with Gasteiger partial charge >= 0.3 is 0 Å². The van der Waals surface area contributed by atoms with Gasteiger partial charge in [-0.05, 0) is 25.2 Å². The number of carbonyl (C=O) groups is 1. The number of Topliss-reactive ketones (excluding diaryl/α,β-unsaturated/α-hetero) is 1. The summed E-state index contributed by atoms with van der Waals surface area (Å²) in [5, 5.41) is 19.3. The highest BCUT2D eigenvalue weighted by Crippen LogP contribution is 2.25. The van der Waals surface area contributed by atoms with Crippen molar-refractivity contribution in [3.05, 3.63) is 34.9 Å². The molecule has 1 aromatic rings. The number of aliphatic hydroxyl groups is 2. The average molecular weight is 276 g/mol. The molecule has 0 spiro atoms. The minimum atomic E-state index is -1.52. The van der Waals surface area contributed by atoms with Crippen molar-refractivity contribution in [3.63, 3.8) is 0 Å². The lowest BCUT2D eigenvalue weighted by atomic mass is 9.98. The van der Waals surface area contributed by atoms with Crippen molar-refractivity contribution < 1.29 is 23.8 Å². The number of thiol groups is 1. The number of halogens is 2. The summed E-state index contributed by atoms with van der Waals surface area (Å²) in [5.41, 5.74) is -0.612. The Morgan fingerprint density at radius 2 is 1.94 bits per heavy atom. The molecule has 0 bridgehead atoms. The predicted molar refractivity (Wildman–Crippen MR) is 65.8 cm³/mol. The van der Waals surface area contributed by atoms with E-state index in [9.17, 15) is 23.8 Å². The maximum absolute atomic E-state index is 13.5. The van der Waals surface area contributed by atoms with Crippen LogP contribution in [0.4, 0.5) is 8.78 Å². The Morgan fingerprint density at radius 3 is 2.44 bits per heavy atom. The highest BCUT2D eigenvalue weighted by molar-refractivity contribution is 7.80. The highest BCUT2D eigenvalue weighted by atomic mass is 32.1. The Hall–Kier alpha value is -0.980. The van der Waals surface area contributed by atoms with Gasteiger partial charge in [-0.1, -0.05) is 0 Å². The van der Waals surface area contributed by atoms with E-state index in [4.69, 9.17) is 0 Å². The van der Waals surface area contributed by atoms with Crippen LogP contribution in [-0.4, -0.2) is 27.9 Å². The van der Waals surface area contributed by atoms with Gasteiger partial charge in [-0.25, -0.2) is 8.78 Å². The molecule has 0 aliphatic heterocycles. The molecular formula is C12H14F2O3S. The second kappa shape index (κ2) is 6.26. The van der Waals surface area contributed by atoms with Crippen molar-refractivity contribution in [1.29, 1.82) is 0 Å². The summed E-state index contributed by atoms with van der Waals surface area (Å²) in [7, 11) is 0. The number of hydrogen-bond donors (Lipinski definition) is 3. The lowest BCUT2D eigenvalue weighted by Gasteiger charge is -2.18. The first-order valence-corrected chi connectivity index (χ1v) is 5.98. The third kappa shape index (κ3) is 3.28.